The molecule has 1 saturated heterocycles. The fourth-order valence-corrected chi connectivity index (χ4v) is 4.16. The standard InChI is InChI=1S/C15H21N7O2S/c1-11-18-12(9-14(19-11)20-15-10-16-6-7-17-15)13-5-4-8-22(13)25(23,24)21(2)3/h6-7,9-10,13H,4-5,8H2,1-3H3,(H,17,18,19,20)/t13-/m0/s1. The Morgan fingerprint density at radius 2 is 2.04 bits per heavy atom. The van der Waals surface area contributed by atoms with Gasteiger partial charge >= 0.3 is 0 Å². The Balaban J connectivity index is 1.92. The number of hydrogen-bond acceptors (Lipinski definition) is 7. The van der Waals surface area contributed by atoms with Crippen LogP contribution in [0.5, 0.6) is 0 Å². The van der Waals surface area contributed by atoms with Gasteiger partial charge in [0.1, 0.15) is 17.5 Å². The van der Waals surface area contributed by atoms with E-state index in [-0.39, 0.29) is 6.04 Å². The van der Waals surface area contributed by atoms with E-state index in [9.17, 15) is 8.42 Å². The minimum atomic E-state index is -3.50. The summed E-state index contributed by atoms with van der Waals surface area (Å²) in [6, 6.07) is 1.48. The third-order valence-electron chi connectivity index (χ3n) is 3.98. The zero-order chi connectivity index (χ0) is 18.0. The van der Waals surface area contributed by atoms with Gasteiger partial charge in [0.15, 0.2) is 0 Å². The van der Waals surface area contributed by atoms with Gasteiger partial charge in [-0.2, -0.15) is 17.0 Å². The molecule has 1 aliphatic rings. The summed E-state index contributed by atoms with van der Waals surface area (Å²) in [4.78, 5) is 17.0. The van der Waals surface area contributed by atoms with E-state index < -0.39 is 10.2 Å². The molecule has 0 aromatic carbocycles. The molecule has 0 aliphatic carbocycles. The highest BCUT2D eigenvalue weighted by Crippen LogP contribution is 2.34. The van der Waals surface area contributed by atoms with Gasteiger partial charge in [0.05, 0.1) is 17.9 Å². The third kappa shape index (κ3) is 3.75. The summed E-state index contributed by atoms with van der Waals surface area (Å²) >= 11 is 0. The lowest BCUT2D eigenvalue weighted by Gasteiger charge is -2.26. The molecular formula is C15H21N7O2S. The van der Waals surface area contributed by atoms with E-state index in [1.807, 2.05) is 0 Å². The molecule has 1 aliphatic heterocycles. The molecule has 1 atom stereocenters. The van der Waals surface area contributed by atoms with Crippen molar-refractivity contribution in [2.24, 2.45) is 0 Å². The SMILES string of the molecule is Cc1nc(Nc2cnccn2)cc([C@@H]2CCCN2S(=O)(=O)N(C)C)n1. The van der Waals surface area contributed by atoms with Crippen molar-refractivity contribution in [3.8, 4) is 0 Å². The molecule has 0 unspecified atom stereocenters. The van der Waals surface area contributed by atoms with Crippen LogP contribution in [0.4, 0.5) is 11.6 Å². The summed E-state index contributed by atoms with van der Waals surface area (Å²) in [5.74, 6) is 1.70. The summed E-state index contributed by atoms with van der Waals surface area (Å²) in [5, 5.41) is 3.08. The van der Waals surface area contributed by atoms with E-state index in [0.717, 1.165) is 12.8 Å². The van der Waals surface area contributed by atoms with Crippen molar-refractivity contribution in [1.82, 2.24) is 28.5 Å². The summed E-state index contributed by atoms with van der Waals surface area (Å²) in [5.41, 5.74) is 0.682. The largest absolute Gasteiger partial charge is 0.324 e. The second kappa shape index (κ2) is 6.98. The average molecular weight is 363 g/mol. The molecule has 9 nitrogen and oxygen atoms in total. The van der Waals surface area contributed by atoms with Crippen LogP contribution in [0.2, 0.25) is 0 Å². The van der Waals surface area contributed by atoms with Gasteiger partial charge in [-0.25, -0.2) is 15.0 Å². The number of rotatable bonds is 5. The number of aryl methyl sites for hydroxylation is 1. The molecule has 10 heteroatoms. The number of hydrogen-bond donors (Lipinski definition) is 1. The quantitative estimate of drug-likeness (QED) is 0.853. The van der Waals surface area contributed by atoms with E-state index in [1.165, 1.54) is 22.7 Å². The van der Waals surface area contributed by atoms with Crippen LogP contribution in [0.25, 0.3) is 0 Å². The number of aromatic nitrogens is 4. The van der Waals surface area contributed by atoms with Crippen molar-refractivity contribution in [2.75, 3.05) is 26.0 Å². The molecule has 134 valence electrons. The number of nitrogens with zero attached hydrogens (tertiary/aromatic N) is 6. The van der Waals surface area contributed by atoms with Crippen LogP contribution in [0.15, 0.2) is 24.7 Å². The first kappa shape index (κ1) is 17.6. The Hall–Kier alpha value is -2.17. The normalized spacial score (nSPS) is 18.6. The van der Waals surface area contributed by atoms with Crippen molar-refractivity contribution in [2.45, 2.75) is 25.8 Å². The molecule has 0 spiro atoms. The summed E-state index contributed by atoms with van der Waals surface area (Å²) in [6.07, 6.45) is 6.29. The molecular weight excluding hydrogens is 342 g/mol. The van der Waals surface area contributed by atoms with Gasteiger partial charge in [0.2, 0.25) is 0 Å². The molecule has 3 rings (SSSR count). The Morgan fingerprint density at radius 1 is 1.24 bits per heavy atom. The van der Waals surface area contributed by atoms with Crippen LogP contribution >= 0.6 is 0 Å². The fourth-order valence-electron chi connectivity index (χ4n) is 2.84. The minimum Gasteiger partial charge on any atom is -0.324 e. The maximum atomic E-state index is 12.6. The van der Waals surface area contributed by atoms with E-state index >= 15 is 0 Å². The molecule has 1 fully saturated rings. The van der Waals surface area contributed by atoms with Gasteiger partial charge in [0.25, 0.3) is 10.2 Å². The second-order valence-corrected chi connectivity index (χ2v) is 8.09. The van der Waals surface area contributed by atoms with Gasteiger partial charge in [-0.1, -0.05) is 0 Å². The third-order valence-corrected chi connectivity index (χ3v) is 5.93. The molecule has 3 heterocycles. The van der Waals surface area contributed by atoms with E-state index in [2.05, 4.69) is 25.3 Å². The fraction of sp³-hybridized carbons (Fsp3) is 0.467. The highest BCUT2D eigenvalue weighted by atomic mass is 32.2. The number of anilines is 2. The van der Waals surface area contributed by atoms with Crippen molar-refractivity contribution in [3.63, 3.8) is 0 Å². The first-order valence-electron chi connectivity index (χ1n) is 7.96. The lowest BCUT2D eigenvalue weighted by Crippen LogP contribution is -2.39. The van der Waals surface area contributed by atoms with Crippen LogP contribution in [-0.2, 0) is 10.2 Å². The van der Waals surface area contributed by atoms with Crippen molar-refractivity contribution < 1.29 is 8.42 Å². The van der Waals surface area contributed by atoms with Gasteiger partial charge in [-0.3, -0.25) is 4.98 Å². The summed E-state index contributed by atoms with van der Waals surface area (Å²) in [6.45, 7) is 2.27. The first-order chi connectivity index (χ1) is 11.9. The van der Waals surface area contributed by atoms with Gasteiger partial charge in [-0.05, 0) is 19.8 Å². The summed E-state index contributed by atoms with van der Waals surface area (Å²) < 4.78 is 27.8. The van der Waals surface area contributed by atoms with Crippen LogP contribution in [0, 0.1) is 6.92 Å². The molecule has 2 aromatic rings. The smallest absolute Gasteiger partial charge is 0.282 e. The van der Waals surface area contributed by atoms with E-state index in [1.54, 1.807) is 31.6 Å². The second-order valence-electron chi connectivity index (χ2n) is 6.00. The molecule has 0 bridgehead atoms. The van der Waals surface area contributed by atoms with Crippen LogP contribution in [-0.4, -0.2) is 57.6 Å². The maximum absolute atomic E-state index is 12.6. The molecule has 0 radical (unpaired) electrons. The Kier molecular flexibility index (Phi) is 4.93. The zero-order valence-corrected chi connectivity index (χ0v) is 15.2. The average Bonchev–Trinajstić information content (AvgIpc) is 3.05. The molecule has 1 N–H and O–H groups in total. The lowest BCUT2D eigenvalue weighted by atomic mass is 10.1. The maximum Gasteiger partial charge on any atom is 0.282 e. The molecule has 2 aromatic heterocycles. The van der Waals surface area contributed by atoms with Gasteiger partial charge in [-0.15, -0.1) is 0 Å². The Morgan fingerprint density at radius 3 is 2.72 bits per heavy atom. The summed E-state index contributed by atoms with van der Waals surface area (Å²) in [7, 11) is -0.418. The Bertz CT molecular complexity index is 842. The topological polar surface area (TPSA) is 104 Å². The highest BCUT2D eigenvalue weighted by Gasteiger charge is 2.37. The zero-order valence-electron chi connectivity index (χ0n) is 14.4. The van der Waals surface area contributed by atoms with Gasteiger partial charge < -0.3 is 5.32 Å². The monoisotopic (exact) mass is 363 g/mol. The predicted octanol–water partition coefficient (Wildman–Crippen LogP) is 1.26. The van der Waals surface area contributed by atoms with Crippen LogP contribution in [0.1, 0.15) is 30.4 Å². The Labute approximate surface area is 147 Å². The van der Waals surface area contributed by atoms with E-state index in [4.69, 9.17) is 0 Å². The molecule has 0 saturated carbocycles. The molecule has 25 heavy (non-hydrogen) atoms. The first-order valence-corrected chi connectivity index (χ1v) is 9.35. The van der Waals surface area contributed by atoms with Crippen molar-refractivity contribution >= 4 is 21.8 Å². The molecule has 0 amide bonds. The minimum absolute atomic E-state index is 0.295. The van der Waals surface area contributed by atoms with Crippen molar-refractivity contribution in [3.05, 3.63) is 36.2 Å². The van der Waals surface area contributed by atoms with Crippen molar-refractivity contribution in [1.29, 1.82) is 0 Å². The van der Waals surface area contributed by atoms with E-state index in [0.29, 0.717) is 29.7 Å². The van der Waals surface area contributed by atoms with Gasteiger partial charge in [0, 0.05) is 39.1 Å². The predicted molar refractivity (Wildman–Crippen MR) is 93.4 cm³/mol. The number of nitrogens with one attached hydrogen (secondary N) is 1. The van der Waals surface area contributed by atoms with Crippen LogP contribution in [0.3, 0.4) is 0 Å². The lowest BCUT2D eigenvalue weighted by molar-refractivity contribution is 0.357. The highest BCUT2D eigenvalue weighted by molar-refractivity contribution is 7.86. The van der Waals surface area contributed by atoms with Crippen LogP contribution < -0.4 is 5.32 Å².